The number of carbonyl (C=O) groups excluding carboxylic acids is 3. The van der Waals surface area contributed by atoms with Crippen molar-refractivity contribution in [2.24, 2.45) is 0 Å². The molecule has 0 radical (unpaired) electrons. The molecule has 0 aliphatic carbocycles. The summed E-state index contributed by atoms with van der Waals surface area (Å²) in [5.74, 6) is -0.176. The van der Waals surface area contributed by atoms with Gasteiger partial charge in [0.2, 0.25) is 11.8 Å². The standard InChI is InChI=1S/C26H24ClN3O5/c1-2-34-19-13-9-18(10-14-19)28-24(31)15-23-26(33)29-21-5-3-4-6-22(21)30(23)25(32)16-35-20-11-7-17(27)8-12-20/h3-14,23H,2,15-16H2,1H3,(H,28,31)(H,29,33). The van der Waals surface area contributed by atoms with Crippen molar-refractivity contribution in [3.8, 4) is 11.5 Å². The first-order valence-electron chi connectivity index (χ1n) is 11.1. The topological polar surface area (TPSA) is 97.0 Å². The van der Waals surface area contributed by atoms with Crippen molar-refractivity contribution < 1.29 is 23.9 Å². The fourth-order valence-electron chi connectivity index (χ4n) is 3.72. The van der Waals surface area contributed by atoms with E-state index in [4.69, 9.17) is 21.1 Å². The van der Waals surface area contributed by atoms with Crippen LogP contribution in [0.2, 0.25) is 5.02 Å². The van der Waals surface area contributed by atoms with E-state index in [9.17, 15) is 14.4 Å². The summed E-state index contributed by atoms with van der Waals surface area (Å²) in [5.41, 5.74) is 1.54. The molecule has 4 rings (SSSR count). The minimum absolute atomic E-state index is 0.236. The average Bonchev–Trinajstić information content (AvgIpc) is 2.85. The van der Waals surface area contributed by atoms with E-state index in [0.29, 0.717) is 40.2 Å². The zero-order chi connectivity index (χ0) is 24.8. The lowest BCUT2D eigenvalue weighted by molar-refractivity contribution is -0.127. The third-order valence-corrected chi connectivity index (χ3v) is 5.56. The Morgan fingerprint density at radius 3 is 2.34 bits per heavy atom. The zero-order valence-corrected chi connectivity index (χ0v) is 19.7. The van der Waals surface area contributed by atoms with Crippen LogP contribution in [0.25, 0.3) is 0 Å². The van der Waals surface area contributed by atoms with Crippen LogP contribution in [-0.4, -0.2) is 37.0 Å². The number of nitrogens with one attached hydrogen (secondary N) is 2. The molecule has 0 aromatic heterocycles. The van der Waals surface area contributed by atoms with Crippen molar-refractivity contribution in [2.45, 2.75) is 19.4 Å². The minimum atomic E-state index is -1.05. The molecule has 0 fully saturated rings. The number of amides is 3. The van der Waals surface area contributed by atoms with Gasteiger partial charge in [0, 0.05) is 10.7 Å². The second-order valence-electron chi connectivity index (χ2n) is 7.74. The SMILES string of the molecule is CCOc1ccc(NC(=O)CC2C(=O)Nc3ccccc3N2C(=O)COc2ccc(Cl)cc2)cc1. The number of rotatable bonds is 8. The Bertz CT molecular complexity index is 1210. The van der Waals surface area contributed by atoms with Crippen LogP contribution in [0.4, 0.5) is 17.1 Å². The van der Waals surface area contributed by atoms with E-state index in [1.807, 2.05) is 6.92 Å². The van der Waals surface area contributed by atoms with Gasteiger partial charge in [-0.15, -0.1) is 0 Å². The summed E-state index contributed by atoms with van der Waals surface area (Å²) in [4.78, 5) is 40.3. The molecule has 0 saturated carbocycles. The average molecular weight is 494 g/mol. The van der Waals surface area contributed by atoms with Gasteiger partial charge >= 0.3 is 0 Å². The molecule has 1 heterocycles. The molecule has 1 aliphatic rings. The van der Waals surface area contributed by atoms with Crippen LogP contribution >= 0.6 is 11.6 Å². The van der Waals surface area contributed by atoms with Gasteiger partial charge in [-0.3, -0.25) is 19.3 Å². The van der Waals surface area contributed by atoms with Crippen molar-refractivity contribution in [2.75, 3.05) is 28.7 Å². The molecule has 1 unspecified atom stereocenters. The van der Waals surface area contributed by atoms with Gasteiger partial charge in [-0.1, -0.05) is 23.7 Å². The Hall–Kier alpha value is -4.04. The Labute approximate surface area is 207 Å². The Morgan fingerprint density at radius 2 is 1.63 bits per heavy atom. The number of hydrogen-bond acceptors (Lipinski definition) is 5. The fourth-order valence-corrected chi connectivity index (χ4v) is 3.84. The number of anilines is 3. The fraction of sp³-hybridized carbons (Fsp3) is 0.192. The monoisotopic (exact) mass is 493 g/mol. The van der Waals surface area contributed by atoms with Crippen LogP contribution in [0.3, 0.4) is 0 Å². The number of halogens is 1. The largest absolute Gasteiger partial charge is 0.494 e. The van der Waals surface area contributed by atoms with E-state index in [0.717, 1.165) is 0 Å². The molecule has 180 valence electrons. The summed E-state index contributed by atoms with van der Waals surface area (Å²) >= 11 is 5.90. The molecule has 35 heavy (non-hydrogen) atoms. The van der Waals surface area contributed by atoms with Crippen molar-refractivity contribution in [1.29, 1.82) is 0 Å². The number of ether oxygens (including phenoxy) is 2. The van der Waals surface area contributed by atoms with E-state index in [1.54, 1.807) is 72.8 Å². The molecule has 3 amide bonds. The zero-order valence-electron chi connectivity index (χ0n) is 19.0. The second-order valence-corrected chi connectivity index (χ2v) is 8.17. The summed E-state index contributed by atoms with van der Waals surface area (Å²) in [6.45, 7) is 2.10. The molecule has 0 bridgehead atoms. The third kappa shape index (κ3) is 5.91. The quantitative estimate of drug-likeness (QED) is 0.481. The van der Waals surface area contributed by atoms with Gasteiger partial charge in [0.25, 0.3) is 5.91 Å². The second kappa shape index (κ2) is 10.9. The molecule has 0 saturated heterocycles. The van der Waals surface area contributed by atoms with E-state index in [2.05, 4.69) is 10.6 Å². The van der Waals surface area contributed by atoms with E-state index in [1.165, 1.54) is 4.90 Å². The lowest BCUT2D eigenvalue weighted by atomic mass is 10.0. The maximum Gasteiger partial charge on any atom is 0.265 e. The summed E-state index contributed by atoms with van der Waals surface area (Å²) in [6.07, 6.45) is -0.236. The normalized spacial score (nSPS) is 14.5. The molecule has 0 spiro atoms. The van der Waals surface area contributed by atoms with Gasteiger partial charge in [0.15, 0.2) is 6.61 Å². The summed E-state index contributed by atoms with van der Waals surface area (Å²) in [7, 11) is 0. The molecule has 9 heteroatoms. The van der Waals surface area contributed by atoms with Crippen LogP contribution in [0.15, 0.2) is 72.8 Å². The maximum absolute atomic E-state index is 13.2. The molecule has 8 nitrogen and oxygen atoms in total. The number of fused-ring (bicyclic) bond motifs is 1. The highest BCUT2D eigenvalue weighted by Crippen LogP contribution is 2.33. The lowest BCUT2D eigenvalue weighted by Crippen LogP contribution is -2.53. The highest BCUT2D eigenvalue weighted by atomic mass is 35.5. The summed E-state index contributed by atoms with van der Waals surface area (Å²) < 4.78 is 11.0. The molecular formula is C26H24ClN3O5. The van der Waals surface area contributed by atoms with E-state index in [-0.39, 0.29) is 13.0 Å². The smallest absolute Gasteiger partial charge is 0.265 e. The molecular weight excluding hydrogens is 470 g/mol. The van der Waals surface area contributed by atoms with E-state index >= 15 is 0 Å². The minimum Gasteiger partial charge on any atom is -0.494 e. The molecule has 3 aromatic carbocycles. The summed E-state index contributed by atoms with van der Waals surface area (Å²) in [5, 5.41) is 6.10. The van der Waals surface area contributed by atoms with Gasteiger partial charge < -0.3 is 20.1 Å². The van der Waals surface area contributed by atoms with Crippen LogP contribution in [0.1, 0.15) is 13.3 Å². The van der Waals surface area contributed by atoms with Crippen LogP contribution in [-0.2, 0) is 14.4 Å². The molecule has 2 N–H and O–H groups in total. The van der Waals surface area contributed by atoms with Crippen LogP contribution < -0.4 is 25.0 Å². The first-order valence-corrected chi connectivity index (χ1v) is 11.5. The van der Waals surface area contributed by atoms with Gasteiger partial charge in [-0.25, -0.2) is 0 Å². The Morgan fingerprint density at radius 1 is 0.971 bits per heavy atom. The number of carbonyl (C=O) groups is 3. The first kappa shape index (κ1) is 24.1. The summed E-state index contributed by atoms with van der Waals surface area (Å²) in [6, 6.07) is 19.4. The predicted molar refractivity (Wildman–Crippen MR) is 134 cm³/mol. The van der Waals surface area contributed by atoms with Crippen LogP contribution in [0.5, 0.6) is 11.5 Å². The highest BCUT2D eigenvalue weighted by Gasteiger charge is 2.38. The van der Waals surface area contributed by atoms with Gasteiger partial charge in [-0.2, -0.15) is 0 Å². The number of benzene rings is 3. The number of hydrogen-bond donors (Lipinski definition) is 2. The predicted octanol–water partition coefficient (Wildman–Crippen LogP) is 4.50. The van der Waals surface area contributed by atoms with Crippen molar-refractivity contribution in [3.05, 3.63) is 77.8 Å². The van der Waals surface area contributed by atoms with Gasteiger partial charge in [-0.05, 0) is 67.6 Å². The molecule has 3 aromatic rings. The van der Waals surface area contributed by atoms with Crippen molar-refractivity contribution in [3.63, 3.8) is 0 Å². The van der Waals surface area contributed by atoms with Crippen molar-refractivity contribution in [1.82, 2.24) is 0 Å². The van der Waals surface area contributed by atoms with Gasteiger partial charge in [0.05, 0.1) is 24.4 Å². The molecule has 1 aliphatic heterocycles. The Kier molecular flexibility index (Phi) is 7.52. The van der Waals surface area contributed by atoms with Crippen molar-refractivity contribution >= 4 is 46.4 Å². The third-order valence-electron chi connectivity index (χ3n) is 5.31. The molecule has 1 atom stereocenters. The lowest BCUT2D eigenvalue weighted by Gasteiger charge is -2.36. The highest BCUT2D eigenvalue weighted by molar-refractivity contribution is 6.30. The number of nitrogens with zero attached hydrogens (tertiary/aromatic N) is 1. The van der Waals surface area contributed by atoms with Gasteiger partial charge in [0.1, 0.15) is 17.5 Å². The first-order chi connectivity index (χ1) is 16.9. The maximum atomic E-state index is 13.2. The number of para-hydroxylation sites is 2. The Balaban J connectivity index is 1.50. The van der Waals surface area contributed by atoms with E-state index < -0.39 is 23.8 Å². The van der Waals surface area contributed by atoms with Crippen LogP contribution in [0, 0.1) is 0 Å².